The molecule has 2 heterocycles. The summed E-state index contributed by atoms with van der Waals surface area (Å²) in [4.78, 5) is 12.5. The normalized spacial score (nSPS) is 10.8. The van der Waals surface area contributed by atoms with Gasteiger partial charge >= 0.3 is 0 Å². The molecule has 0 aliphatic heterocycles. The highest BCUT2D eigenvalue weighted by Crippen LogP contribution is 2.23. The van der Waals surface area contributed by atoms with Gasteiger partial charge in [-0.1, -0.05) is 29.3 Å². The van der Waals surface area contributed by atoms with Crippen molar-refractivity contribution in [3.63, 3.8) is 0 Å². The molecule has 0 saturated heterocycles. The van der Waals surface area contributed by atoms with E-state index in [1.165, 1.54) is 0 Å². The lowest BCUT2D eigenvalue weighted by Crippen LogP contribution is -2.12. The summed E-state index contributed by atoms with van der Waals surface area (Å²) >= 11 is 12.0. The standard InChI is InChI=1S/C24H21Cl2N3O4/c1-2-31-17-4-6-18(7-5-17)32-15-19-8-10-22(33-19)24(30)27-23-11-12-29(28-23)14-16-3-9-20(25)21(26)13-16/h3-13H,2,14-15H2,1H3,(H,27,28,30). The van der Waals surface area contributed by atoms with E-state index in [1.807, 2.05) is 37.3 Å². The van der Waals surface area contributed by atoms with Gasteiger partial charge in [0, 0.05) is 12.3 Å². The summed E-state index contributed by atoms with van der Waals surface area (Å²) < 4.78 is 18.4. The van der Waals surface area contributed by atoms with Crippen molar-refractivity contribution in [3.05, 3.63) is 94.0 Å². The zero-order valence-electron chi connectivity index (χ0n) is 17.8. The Bertz CT molecular complexity index is 1230. The molecule has 0 unspecified atom stereocenters. The predicted octanol–water partition coefficient (Wildman–Crippen LogP) is 6.06. The first-order valence-electron chi connectivity index (χ1n) is 10.2. The number of benzene rings is 2. The summed E-state index contributed by atoms with van der Waals surface area (Å²) in [6.45, 7) is 3.22. The molecular weight excluding hydrogens is 465 g/mol. The fraction of sp³-hybridized carbons (Fsp3) is 0.167. The third-order valence-electron chi connectivity index (χ3n) is 4.61. The van der Waals surface area contributed by atoms with E-state index in [-0.39, 0.29) is 12.4 Å². The highest BCUT2D eigenvalue weighted by Gasteiger charge is 2.13. The van der Waals surface area contributed by atoms with Crippen LogP contribution in [-0.4, -0.2) is 22.3 Å². The molecule has 33 heavy (non-hydrogen) atoms. The van der Waals surface area contributed by atoms with Crippen LogP contribution in [0.1, 0.15) is 28.8 Å². The molecule has 0 spiro atoms. The van der Waals surface area contributed by atoms with Crippen LogP contribution in [0, 0.1) is 0 Å². The quantitative estimate of drug-likeness (QED) is 0.311. The van der Waals surface area contributed by atoms with E-state index in [1.54, 1.807) is 41.2 Å². The Hall–Kier alpha value is -3.42. The van der Waals surface area contributed by atoms with Crippen molar-refractivity contribution < 1.29 is 18.7 Å². The number of carbonyl (C=O) groups is 1. The Balaban J connectivity index is 1.30. The van der Waals surface area contributed by atoms with Crippen molar-refractivity contribution in [2.45, 2.75) is 20.1 Å². The topological polar surface area (TPSA) is 78.5 Å². The van der Waals surface area contributed by atoms with Gasteiger partial charge in [0.25, 0.3) is 5.91 Å². The Morgan fingerprint density at radius 1 is 1.00 bits per heavy atom. The van der Waals surface area contributed by atoms with Gasteiger partial charge in [0.15, 0.2) is 11.6 Å². The van der Waals surface area contributed by atoms with Gasteiger partial charge in [-0.05, 0) is 61.0 Å². The fourth-order valence-electron chi connectivity index (χ4n) is 3.05. The number of anilines is 1. The molecule has 0 bridgehead atoms. The SMILES string of the molecule is CCOc1ccc(OCc2ccc(C(=O)Nc3ccn(Cc4ccc(Cl)c(Cl)c4)n3)o2)cc1. The van der Waals surface area contributed by atoms with Gasteiger partial charge in [-0.15, -0.1) is 0 Å². The second kappa shape index (κ2) is 10.5. The van der Waals surface area contributed by atoms with E-state index >= 15 is 0 Å². The first-order valence-corrected chi connectivity index (χ1v) is 11.0. The molecule has 4 aromatic rings. The van der Waals surface area contributed by atoms with Crippen molar-refractivity contribution in [2.75, 3.05) is 11.9 Å². The molecule has 170 valence electrons. The second-order valence-electron chi connectivity index (χ2n) is 7.06. The molecule has 0 radical (unpaired) electrons. The van der Waals surface area contributed by atoms with Crippen molar-refractivity contribution in [1.82, 2.24) is 9.78 Å². The summed E-state index contributed by atoms with van der Waals surface area (Å²) in [7, 11) is 0. The molecule has 0 atom stereocenters. The number of hydrogen-bond donors (Lipinski definition) is 1. The highest BCUT2D eigenvalue weighted by atomic mass is 35.5. The monoisotopic (exact) mass is 485 g/mol. The Morgan fingerprint density at radius 3 is 2.48 bits per heavy atom. The Morgan fingerprint density at radius 2 is 1.76 bits per heavy atom. The van der Waals surface area contributed by atoms with Gasteiger partial charge in [-0.2, -0.15) is 5.10 Å². The third-order valence-corrected chi connectivity index (χ3v) is 5.35. The van der Waals surface area contributed by atoms with E-state index in [0.29, 0.717) is 40.5 Å². The zero-order chi connectivity index (χ0) is 23.2. The van der Waals surface area contributed by atoms with Crippen LogP contribution < -0.4 is 14.8 Å². The number of hydrogen-bond acceptors (Lipinski definition) is 5. The van der Waals surface area contributed by atoms with Crippen LogP contribution in [-0.2, 0) is 13.2 Å². The highest BCUT2D eigenvalue weighted by molar-refractivity contribution is 6.42. The maximum atomic E-state index is 12.5. The van der Waals surface area contributed by atoms with Crippen LogP contribution in [0.15, 0.2) is 71.3 Å². The van der Waals surface area contributed by atoms with Gasteiger partial charge in [-0.3, -0.25) is 9.48 Å². The molecule has 1 amide bonds. The van der Waals surface area contributed by atoms with Crippen molar-refractivity contribution in [1.29, 1.82) is 0 Å². The molecule has 4 rings (SSSR count). The first kappa shape index (κ1) is 22.8. The van der Waals surface area contributed by atoms with E-state index in [4.69, 9.17) is 37.1 Å². The molecule has 2 aromatic heterocycles. The minimum Gasteiger partial charge on any atom is -0.494 e. The zero-order valence-corrected chi connectivity index (χ0v) is 19.3. The van der Waals surface area contributed by atoms with Crippen molar-refractivity contribution in [3.8, 4) is 11.5 Å². The summed E-state index contributed by atoms with van der Waals surface area (Å²) in [5, 5.41) is 8.06. The average molecular weight is 486 g/mol. The molecule has 0 aliphatic rings. The number of aromatic nitrogens is 2. The van der Waals surface area contributed by atoms with E-state index in [2.05, 4.69) is 10.4 Å². The third kappa shape index (κ3) is 6.09. The summed E-state index contributed by atoms with van der Waals surface area (Å²) in [5.41, 5.74) is 0.939. The fourth-order valence-corrected chi connectivity index (χ4v) is 3.37. The lowest BCUT2D eigenvalue weighted by molar-refractivity contribution is 0.0992. The minimum absolute atomic E-state index is 0.166. The lowest BCUT2D eigenvalue weighted by Gasteiger charge is -2.06. The summed E-state index contributed by atoms with van der Waals surface area (Å²) in [6, 6.07) is 17.7. The molecular formula is C24H21Cl2N3O4. The molecule has 0 fully saturated rings. The second-order valence-corrected chi connectivity index (χ2v) is 7.87. The Labute approximate surface area is 200 Å². The first-order chi connectivity index (χ1) is 16.0. The molecule has 0 aliphatic carbocycles. The maximum Gasteiger partial charge on any atom is 0.292 e. The van der Waals surface area contributed by atoms with E-state index in [9.17, 15) is 4.79 Å². The number of nitrogens with zero attached hydrogens (tertiary/aromatic N) is 2. The number of furan rings is 1. The van der Waals surface area contributed by atoms with Crippen LogP contribution >= 0.6 is 23.2 Å². The molecule has 0 saturated carbocycles. The summed E-state index contributed by atoms with van der Waals surface area (Å²) in [6.07, 6.45) is 1.76. The van der Waals surface area contributed by atoms with Gasteiger partial charge in [-0.25, -0.2) is 0 Å². The van der Waals surface area contributed by atoms with E-state index < -0.39 is 5.91 Å². The molecule has 7 nitrogen and oxygen atoms in total. The molecule has 1 N–H and O–H groups in total. The lowest BCUT2D eigenvalue weighted by atomic mass is 10.2. The average Bonchev–Trinajstić information content (AvgIpc) is 3.46. The van der Waals surface area contributed by atoms with Gasteiger partial charge < -0.3 is 19.2 Å². The van der Waals surface area contributed by atoms with Crippen molar-refractivity contribution >= 4 is 34.9 Å². The maximum absolute atomic E-state index is 12.5. The number of nitrogens with one attached hydrogen (secondary N) is 1. The number of amides is 1. The van der Waals surface area contributed by atoms with Crippen LogP contribution in [0.25, 0.3) is 0 Å². The number of carbonyl (C=O) groups excluding carboxylic acids is 1. The van der Waals surface area contributed by atoms with Crippen LogP contribution in [0.4, 0.5) is 5.82 Å². The van der Waals surface area contributed by atoms with Crippen LogP contribution in [0.3, 0.4) is 0 Å². The number of rotatable bonds is 9. The molecule has 2 aromatic carbocycles. The minimum atomic E-state index is -0.401. The van der Waals surface area contributed by atoms with Crippen LogP contribution in [0.2, 0.25) is 10.0 Å². The van der Waals surface area contributed by atoms with E-state index in [0.717, 1.165) is 11.3 Å². The van der Waals surface area contributed by atoms with Gasteiger partial charge in [0.1, 0.15) is 23.9 Å². The Kier molecular flexibility index (Phi) is 7.22. The van der Waals surface area contributed by atoms with Crippen molar-refractivity contribution in [2.24, 2.45) is 0 Å². The predicted molar refractivity (Wildman–Crippen MR) is 126 cm³/mol. The largest absolute Gasteiger partial charge is 0.494 e. The number of halogens is 2. The molecule has 9 heteroatoms. The smallest absolute Gasteiger partial charge is 0.292 e. The van der Waals surface area contributed by atoms with Gasteiger partial charge in [0.05, 0.1) is 23.2 Å². The summed E-state index contributed by atoms with van der Waals surface area (Å²) in [5.74, 6) is 2.15. The van der Waals surface area contributed by atoms with Crippen LogP contribution in [0.5, 0.6) is 11.5 Å². The van der Waals surface area contributed by atoms with Gasteiger partial charge in [0.2, 0.25) is 0 Å². The number of ether oxygens (including phenoxy) is 2.